The second kappa shape index (κ2) is 3.53. The summed E-state index contributed by atoms with van der Waals surface area (Å²) in [6.45, 7) is 2.33. The van der Waals surface area contributed by atoms with Crippen molar-refractivity contribution in [2.45, 2.75) is 13.5 Å². The molecule has 0 radical (unpaired) electrons. The molecular formula is C8H8FNS. The number of hydrogen-bond donors (Lipinski definition) is 0. The highest BCUT2D eigenvalue weighted by molar-refractivity contribution is 7.47. The first-order valence-corrected chi connectivity index (χ1v) is 3.64. The highest BCUT2D eigenvalue weighted by atomic mass is 32.1. The van der Waals surface area contributed by atoms with E-state index in [-0.39, 0.29) is 5.82 Å². The molecule has 0 unspecified atom stereocenters. The van der Waals surface area contributed by atoms with Crippen molar-refractivity contribution in [1.29, 1.82) is 0 Å². The van der Waals surface area contributed by atoms with E-state index in [9.17, 15) is 4.39 Å². The van der Waals surface area contributed by atoms with Gasteiger partial charge in [0, 0.05) is 12.4 Å². The van der Waals surface area contributed by atoms with Gasteiger partial charge in [0.15, 0.2) is 0 Å². The Bertz CT molecular complexity index is 273. The molecule has 0 bridgehead atoms. The minimum absolute atomic E-state index is 0.232. The summed E-state index contributed by atoms with van der Waals surface area (Å²) in [5, 5.41) is 0. The highest BCUT2D eigenvalue weighted by Gasteiger charge is 1.97. The number of rotatable bonds is 2. The zero-order chi connectivity index (χ0) is 8.27. The van der Waals surface area contributed by atoms with E-state index >= 15 is 0 Å². The molecule has 0 saturated heterocycles. The van der Waals surface area contributed by atoms with Crippen molar-refractivity contribution in [2.24, 2.45) is 4.36 Å². The minimum Gasteiger partial charge on any atom is -0.215 e. The Morgan fingerprint density at radius 1 is 1.55 bits per heavy atom. The maximum absolute atomic E-state index is 12.6. The fourth-order valence-electron chi connectivity index (χ4n) is 0.880. The van der Waals surface area contributed by atoms with Gasteiger partial charge in [-0.3, -0.25) is 0 Å². The van der Waals surface area contributed by atoms with Crippen LogP contribution in [-0.4, -0.2) is 0 Å². The van der Waals surface area contributed by atoms with Gasteiger partial charge in [-0.25, -0.2) is 8.75 Å². The molecule has 0 saturated carbocycles. The largest absolute Gasteiger partial charge is 0.215 e. The highest BCUT2D eigenvalue weighted by Crippen LogP contribution is 2.10. The SMILES string of the molecule is Cc1ccc(F)cc1CN=S. The van der Waals surface area contributed by atoms with Crippen LogP contribution in [0.4, 0.5) is 4.39 Å². The molecule has 0 atom stereocenters. The Kier molecular flexibility index (Phi) is 2.65. The number of benzene rings is 1. The molecule has 58 valence electrons. The van der Waals surface area contributed by atoms with Crippen molar-refractivity contribution in [3.8, 4) is 0 Å². The first-order valence-electron chi connectivity index (χ1n) is 3.28. The average molecular weight is 169 g/mol. The van der Waals surface area contributed by atoms with Gasteiger partial charge in [0.25, 0.3) is 0 Å². The lowest BCUT2D eigenvalue weighted by Gasteiger charge is -2.00. The number of aryl methyl sites for hydroxylation is 1. The van der Waals surface area contributed by atoms with Crippen molar-refractivity contribution in [3.05, 3.63) is 35.1 Å². The topological polar surface area (TPSA) is 12.4 Å². The molecule has 0 spiro atoms. The van der Waals surface area contributed by atoms with Gasteiger partial charge in [0.2, 0.25) is 0 Å². The predicted molar refractivity (Wildman–Crippen MR) is 44.6 cm³/mol. The van der Waals surface area contributed by atoms with Crippen molar-refractivity contribution < 1.29 is 4.39 Å². The van der Waals surface area contributed by atoms with Crippen LogP contribution in [0.25, 0.3) is 0 Å². The van der Waals surface area contributed by atoms with Gasteiger partial charge in [-0.2, -0.15) is 0 Å². The van der Waals surface area contributed by atoms with Gasteiger partial charge in [-0.05, 0) is 30.2 Å². The lowest BCUT2D eigenvalue weighted by atomic mass is 10.1. The van der Waals surface area contributed by atoms with Crippen LogP contribution in [0.15, 0.2) is 22.6 Å². The quantitative estimate of drug-likeness (QED) is 0.662. The zero-order valence-corrected chi connectivity index (χ0v) is 6.99. The van der Waals surface area contributed by atoms with Gasteiger partial charge >= 0.3 is 0 Å². The number of hydrogen-bond acceptors (Lipinski definition) is 2. The first kappa shape index (κ1) is 8.27. The van der Waals surface area contributed by atoms with Crippen LogP contribution in [0.1, 0.15) is 11.1 Å². The zero-order valence-electron chi connectivity index (χ0n) is 6.17. The molecule has 0 aromatic heterocycles. The van der Waals surface area contributed by atoms with Crippen LogP contribution in [-0.2, 0) is 19.0 Å². The van der Waals surface area contributed by atoms with Crippen molar-refractivity contribution in [3.63, 3.8) is 0 Å². The lowest BCUT2D eigenvalue weighted by Crippen LogP contribution is -1.87. The molecule has 0 heterocycles. The fourth-order valence-corrected chi connectivity index (χ4v) is 1.02. The van der Waals surface area contributed by atoms with Gasteiger partial charge in [0.1, 0.15) is 5.82 Å². The van der Waals surface area contributed by atoms with E-state index in [1.807, 2.05) is 6.92 Å². The van der Waals surface area contributed by atoms with E-state index in [0.717, 1.165) is 11.1 Å². The third-order valence-electron chi connectivity index (χ3n) is 1.55. The Morgan fingerprint density at radius 2 is 2.27 bits per heavy atom. The summed E-state index contributed by atoms with van der Waals surface area (Å²) < 4.78 is 16.1. The molecule has 0 aliphatic heterocycles. The van der Waals surface area contributed by atoms with Crippen LogP contribution in [0, 0.1) is 12.7 Å². The Hall–Kier alpha value is -0.830. The van der Waals surface area contributed by atoms with E-state index in [2.05, 4.69) is 16.8 Å². The van der Waals surface area contributed by atoms with Crippen LogP contribution in [0.2, 0.25) is 0 Å². The molecular weight excluding hydrogens is 161 g/mol. The summed E-state index contributed by atoms with van der Waals surface area (Å²) in [7, 11) is 0. The molecule has 1 aromatic rings. The van der Waals surface area contributed by atoms with E-state index in [0.29, 0.717) is 6.54 Å². The van der Waals surface area contributed by atoms with Gasteiger partial charge in [0.05, 0.1) is 6.54 Å². The first-order chi connectivity index (χ1) is 5.24. The van der Waals surface area contributed by atoms with E-state index in [1.165, 1.54) is 12.1 Å². The molecule has 0 aliphatic carbocycles. The molecule has 0 amide bonds. The summed E-state index contributed by atoms with van der Waals surface area (Å²) in [6.07, 6.45) is 0. The summed E-state index contributed by atoms with van der Waals surface area (Å²) in [5.41, 5.74) is 1.89. The third kappa shape index (κ3) is 2.05. The Morgan fingerprint density at radius 3 is 2.91 bits per heavy atom. The Balaban J connectivity index is 3.01. The molecule has 1 nitrogen and oxygen atoms in total. The molecule has 0 fully saturated rings. The number of nitrogens with zero attached hydrogens (tertiary/aromatic N) is 1. The average Bonchev–Trinajstić information content (AvgIpc) is 1.98. The third-order valence-corrected chi connectivity index (χ3v) is 1.68. The lowest BCUT2D eigenvalue weighted by molar-refractivity contribution is 0.625. The van der Waals surface area contributed by atoms with Crippen molar-refractivity contribution in [1.82, 2.24) is 0 Å². The van der Waals surface area contributed by atoms with Gasteiger partial charge in [-0.15, -0.1) is 0 Å². The summed E-state index contributed by atoms with van der Waals surface area (Å²) in [4.78, 5) is 0. The molecule has 0 N–H and O–H groups in total. The maximum Gasteiger partial charge on any atom is 0.123 e. The summed E-state index contributed by atoms with van der Waals surface area (Å²) in [5.74, 6) is -0.232. The monoisotopic (exact) mass is 169 g/mol. The Labute approximate surface area is 70.4 Å². The van der Waals surface area contributed by atoms with Gasteiger partial charge < -0.3 is 0 Å². The standard InChI is InChI=1S/C8H8FNS/c1-6-2-3-8(9)4-7(6)5-10-11/h2-4H,5H2,1H3. The molecule has 1 aromatic carbocycles. The van der Waals surface area contributed by atoms with E-state index < -0.39 is 0 Å². The molecule has 1 rings (SSSR count). The van der Waals surface area contributed by atoms with E-state index in [1.54, 1.807) is 6.07 Å². The summed E-state index contributed by atoms with van der Waals surface area (Å²) in [6, 6.07) is 4.62. The van der Waals surface area contributed by atoms with Crippen LogP contribution < -0.4 is 0 Å². The molecule has 0 aliphatic rings. The fraction of sp³-hybridized carbons (Fsp3) is 0.250. The van der Waals surface area contributed by atoms with Crippen LogP contribution in [0.5, 0.6) is 0 Å². The van der Waals surface area contributed by atoms with Crippen LogP contribution in [0.3, 0.4) is 0 Å². The molecule has 11 heavy (non-hydrogen) atoms. The molecule has 3 heteroatoms. The van der Waals surface area contributed by atoms with Crippen molar-refractivity contribution in [2.75, 3.05) is 0 Å². The normalized spacial score (nSPS) is 9.64. The van der Waals surface area contributed by atoms with Crippen molar-refractivity contribution >= 4 is 12.4 Å². The second-order valence-corrected chi connectivity index (χ2v) is 2.62. The smallest absolute Gasteiger partial charge is 0.123 e. The van der Waals surface area contributed by atoms with E-state index in [4.69, 9.17) is 0 Å². The number of halogens is 1. The maximum atomic E-state index is 12.6. The predicted octanol–water partition coefficient (Wildman–Crippen LogP) is 2.36. The van der Waals surface area contributed by atoms with Gasteiger partial charge in [-0.1, -0.05) is 6.07 Å². The second-order valence-electron chi connectivity index (χ2n) is 2.36. The minimum atomic E-state index is -0.232. The summed E-state index contributed by atoms with van der Waals surface area (Å²) >= 11 is 4.44. The van der Waals surface area contributed by atoms with Crippen LogP contribution >= 0.6 is 0 Å².